The van der Waals surface area contributed by atoms with Crippen LogP contribution >= 0.6 is 0 Å². The summed E-state index contributed by atoms with van der Waals surface area (Å²) in [5.74, 6) is -1.04. The van der Waals surface area contributed by atoms with E-state index in [1.54, 1.807) is 11.5 Å². The van der Waals surface area contributed by atoms with Crippen LogP contribution < -0.4 is 10.8 Å². The highest BCUT2D eigenvalue weighted by atomic mass is 19.1. The van der Waals surface area contributed by atoms with E-state index in [1.165, 1.54) is 17.1 Å². The molecule has 9 heteroatoms. The van der Waals surface area contributed by atoms with Crippen molar-refractivity contribution in [1.29, 1.82) is 5.41 Å². The van der Waals surface area contributed by atoms with E-state index >= 15 is 0 Å². The number of hydrogen-bond acceptors (Lipinski definition) is 6. The summed E-state index contributed by atoms with van der Waals surface area (Å²) in [5.41, 5.74) is 4.49. The minimum atomic E-state index is -0.707. The number of halogens is 2. The minimum absolute atomic E-state index is 0.0563. The van der Waals surface area contributed by atoms with Gasteiger partial charge in [0, 0.05) is 28.6 Å². The molecule has 0 radical (unpaired) electrons. The Bertz CT molecular complexity index is 1470. The van der Waals surface area contributed by atoms with Crippen LogP contribution in [0.5, 0.6) is 0 Å². The number of aryl methyl sites for hydroxylation is 2. The van der Waals surface area contributed by atoms with E-state index in [1.807, 2.05) is 56.3 Å². The molecular formula is C26H24F2N6O. The first-order valence-corrected chi connectivity index (χ1v) is 11.2. The van der Waals surface area contributed by atoms with Gasteiger partial charge in [-0.05, 0) is 44.5 Å². The molecule has 0 saturated heterocycles. The van der Waals surface area contributed by atoms with Crippen LogP contribution in [0.3, 0.4) is 0 Å². The van der Waals surface area contributed by atoms with Crippen LogP contribution in [0.1, 0.15) is 29.9 Å². The van der Waals surface area contributed by atoms with Gasteiger partial charge in [0.2, 0.25) is 5.62 Å². The number of benzene rings is 2. The van der Waals surface area contributed by atoms with Gasteiger partial charge in [-0.1, -0.05) is 36.4 Å². The monoisotopic (exact) mass is 474 g/mol. The molecule has 4 aromatic rings. The molecule has 0 aliphatic carbocycles. The topological polar surface area (TPSA) is 81.3 Å². The van der Waals surface area contributed by atoms with Crippen LogP contribution in [0.15, 0.2) is 60.7 Å². The fourth-order valence-corrected chi connectivity index (χ4v) is 4.57. The van der Waals surface area contributed by atoms with E-state index in [0.717, 1.165) is 33.8 Å². The molecule has 35 heavy (non-hydrogen) atoms. The lowest BCUT2D eigenvalue weighted by molar-refractivity contribution is 0.0363. The molecule has 0 saturated carbocycles. The maximum Gasteiger partial charge on any atom is 0.225 e. The SMILES string of the molecule is Cc1cc(-c2c(-c3ccccc3)nc(=N)n3c2N(O)N(C(C)c2ccc(F)cc2F)C3)cc(C)n1. The summed E-state index contributed by atoms with van der Waals surface area (Å²) in [6, 6.07) is 16.0. The molecule has 0 bridgehead atoms. The van der Waals surface area contributed by atoms with Crippen LogP contribution in [0.2, 0.25) is 0 Å². The lowest BCUT2D eigenvalue weighted by atomic mass is 9.99. The Morgan fingerprint density at radius 2 is 1.63 bits per heavy atom. The molecule has 3 heterocycles. The van der Waals surface area contributed by atoms with Crippen LogP contribution in [0, 0.1) is 30.9 Å². The number of fused-ring (bicyclic) bond motifs is 1. The number of pyridine rings is 1. The fourth-order valence-electron chi connectivity index (χ4n) is 4.57. The molecule has 0 spiro atoms. The van der Waals surface area contributed by atoms with Gasteiger partial charge in [0.05, 0.1) is 17.3 Å². The normalized spacial score (nSPS) is 14.3. The van der Waals surface area contributed by atoms with Gasteiger partial charge in [-0.3, -0.25) is 20.2 Å². The number of anilines is 1. The number of hydrogen-bond donors (Lipinski definition) is 2. The average molecular weight is 475 g/mol. The molecule has 5 rings (SSSR count). The number of hydrazine groups is 1. The second-order valence-corrected chi connectivity index (χ2v) is 8.63. The largest absolute Gasteiger partial charge is 0.278 e. The Kier molecular flexibility index (Phi) is 5.66. The summed E-state index contributed by atoms with van der Waals surface area (Å²) in [7, 11) is 0. The highest BCUT2D eigenvalue weighted by Crippen LogP contribution is 2.42. The molecular weight excluding hydrogens is 450 g/mol. The summed E-state index contributed by atoms with van der Waals surface area (Å²) in [6.07, 6.45) is 0. The van der Waals surface area contributed by atoms with Gasteiger partial charge in [0.1, 0.15) is 18.3 Å². The van der Waals surface area contributed by atoms with E-state index in [-0.39, 0.29) is 17.9 Å². The molecule has 2 N–H and O–H groups in total. The van der Waals surface area contributed by atoms with Gasteiger partial charge in [-0.25, -0.2) is 13.8 Å². The van der Waals surface area contributed by atoms with E-state index in [2.05, 4.69) is 9.97 Å². The first-order valence-electron chi connectivity index (χ1n) is 11.2. The highest BCUT2D eigenvalue weighted by molar-refractivity contribution is 5.88. The molecule has 2 aromatic heterocycles. The number of rotatable bonds is 4. The van der Waals surface area contributed by atoms with E-state index in [4.69, 9.17) is 5.41 Å². The molecule has 1 aliphatic rings. The number of aromatic nitrogens is 3. The Morgan fingerprint density at radius 3 is 2.29 bits per heavy atom. The van der Waals surface area contributed by atoms with Gasteiger partial charge in [0.15, 0.2) is 5.82 Å². The Morgan fingerprint density at radius 1 is 0.943 bits per heavy atom. The minimum Gasteiger partial charge on any atom is -0.278 e. The van der Waals surface area contributed by atoms with Crippen molar-refractivity contribution in [3.63, 3.8) is 0 Å². The molecule has 0 amide bonds. The van der Waals surface area contributed by atoms with E-state index < -0.39 is 17.7 Å². The van der Waals surface area contributed by atoms with E-state index in [9.17, 15) is 14.0 Å². The standard InChI is InChI=1S/C26H24F2N6O/c1-15-11-19(12-16(2)30-15)23-24(18-7-5-4-6-8-18)31-26(29)32-14-33(34(35)25(23)32)17(3)21-10-9-20(27)13-22(21)28/h4-13,17,29,35H,14H2,1-3H3. The zero-order valence-electron chi connectivity index (χ0n) is 19.5. The molecule has 0 fully saturated rings. The quantitative estimate of drug-likeness (QED) is 0.429. The Labute approximate surface area is 201 Å². The summed E-state index contributed by atoms with van der Waals surface area (Å²) in [4.78, 5) is 9.07. The first-order chi connectivity index (χ1) is 16.7. The maximum atomic E-state index is 14.6. The van der Waals surface area contributed by atoms with Crippen molar-refractivity contribution >= 4 is 5.82 Å². The average Bonchev–Trinajstić information content (AvgIpc) is 3.16. The first kappa shape index (κ1) is 22.8. The van der Waals surface area contributed by atoms with Crippen molar-refractivity contribution in [2.75, 3.05) is 5.17 Å². The van der Waals surface area contributed by atoms with Crippen LogP contribution in [-0.4, -0.2) is 24.8 Å². The summed E-state index contributed by atoms with van der Waals surface area (Å²) in [5, 5.41) is 22.5. The third-order valence-corrected chi connectivity index (χ3v) is 6.19. The summed E-state index contributed by atoms with van der Waals surface area (Å²) >= 11 is 0. The summed E-state index contributed by atoms with van der Waals surface area (Å²) < 4.78 is 29.6. The van der Waals surface area contributed by atoms with Crippen molar-refractivity contribution in [3.05, 3.63) is 94.9 Å². The molecule has 178 valence electrons. The van der Waals surface area contributed by atoms with Gasteiger partial charge in [-0.2, -0.15) is 10.2 Å². The van der Waals surface area contributed by atoms with E-state index in [0.29, 0.717) is 17.1 Å². The highest BCUT2D eigenvalue weighted by Gasteiger charge is 2.36. The predicted molar refractivity (Wildman–Crippen MR) is 127 cm³/mol. The molecule has 1 atom stereocenters. The molecule has 7 nitrogen and oxygen atoms in total. The van der Waals surface area contributed by atoms with Crippen LogP contribution in [0.25, 0.3) is 22.4 Å². The predicted octanol–water partition coefficient (Wildman–Crippen LogP) is 5.13. The fraction of sp³-hybridized carbons (Fsp3) is 0.192. The van der Waals surface area contributed by atoms with Crippen molar-refractivity contribution in [2.24, 2.45) is 0 Å². The Hall–Kier alpha value is -3.95. The zero-order valence-corrected chi connectivity index (χ0v) is 19.5. The van der Waals surface area contributed by atoms with Crippen molar-refractivity contribution < 1.29 is 14.0 Å². The lowest BCUT2D eigenvalue weighted by Crippen LogP contribution is -2.37. The molecule has 1 aliphatic heterocycles. The molecule has 1 unspecified atom stereocenters. The lowest BCUT2D eigenvalue weighted by Gasteiger charge is -2.29. The third-order valence-electron chi connectivity index (χ3n) is 6.19. The third kappa shape index (κ3) is 3.98. The maximum absolute atomic E-state index is 14.6. The van der Waals surface area contributed by atoms with Crippen molar-refractivity contribution in [2.45, 2.75) is 33.5 Å². The second-order valence-electron chi connectivity index (χ2n) is 8.63. The van der Waals surface area contributed by atoms with Crippen molar-refractivity contribution in [3.8, 4) is 22.4 Å². The second kappa shape index (κ2) is 8.68. The zero-order chi connectivity index (χ0) is 24.9. The van der Waals surface area contributed by atoms with Crippen LogP contribution in [0.4, 0.5) is 14.6 Å². The van der Waals surface area contributed by atoms with Gasteiger partial charge in [-0.15, -0.1) is 0 Å². The van der Waals surface area contributed by atoms with Gasteiger partial charge >= 0.3 is 0 Å². The smallest absolute Gasteiger partial charge is 0.225 e. The molecule has 2 aromatic carbocycles. The number of nitrogens with zero attached hydrogens (tertiary/aromatic N) is 5. The van der Waals surface area contributed by atoms with Crippen molar-refractivity contribution in [1.82, 2.24) is 19.5 Å². The summed E-state index contributed by atoms with van der Waals surface area (Å²) in [6.45, 7) is 5.55. The number of nitrogens with one attached hydrogen (secondary N) is 1. The Balaban J connectivity index is 1.72. The van der Waals surface area contributed by atoms with Gasteiger partial charge in [0.25, 0.3) is 0 Å². The van der Waals surface area contributed by atoms with Gasteiger partial charge < -0.3 is 0 Å². The van der Waals surface area contributed by atoms with Crippen LogP contribution in [-0.2, 0) is 6.67 Å².